The predicted octanol–water partition coefficient (Wildman–Crippen LogP) is 4.83. The molecule has 7 heteroatoms. The normalized spacial score (nSPS) is 23.6. The van der Waals surface area contributed by atoms with Crippen LogP contribution in [-0.2, 0) is 9.59 Å². The molecule has 0 unspecified atom stereocenters. The molecule has 2 amide bonds. The van der Waals surface area contributed by atoms with Crippen LogP contribution in [0.5, 0.6) is 5.75 Å². The van der Waals surface area contributed by atoms with Gasteiger partial charge in [0, 0.05) is 16.0 Å². The number of fused-ring (bicyclic) bond motifs is 1. The number of carbonyl (C=O) groups is 2. The quantitative estimate of drug-likeness (QED) is 0.345. The Morgan fingerprint density at radius 1 is 1.17 bits per heavy atom. The van der Waals surface area contributed by atoms with Crippen molar-refractivity contribution in [2.75, 3.05) is 11.5 Å². The van der Waals surface area contributed by atoms with Crippen molar-refractivity contribution in [1.82, 2.24) is 0 Å². The van der Waals surface area contributed by atoms with Gasteiger partial charge in [-0.05, 0) is 69.0 Å². The van der Waals surface area contributed by atoms with Crippen LogP contribution in [0.3, 0.4) is 0 Å². The van der Waals surface area contributed by atoms with E-state index in [1.165, 1.54) is 4.90 Å². The molecule has 35 heavy (non-hydrogen) atoms. The zero-order chi connectivity index (χ0) is 25.3. The van der Waals surface area contributed by atoms with Gasteiger partial charge in [0.1, 0.15) is 5.75 Å². The number of nitrogens with zero attached hydrogens (tertiary/aromatic N) is 1. The Bertz CT molecular complexity index is 1190. The molecule has 2 aromatic rings. The van der Waals surface area contributed by atoms with Gasteiger partial charge in [0.2, 0.25) is 11.8 Å². The van der Waals surface area contributed by atoms with Gasteiger partial charge in [-0.3, -0.25) is 14.5 Å². The van der Waals surface area contributed by atoms with Crippen molar-refractivity contribution in [2.45, 2.75) is 39.2 Å². The van der Waals surface area contributed by atoms with Gasteiger partial charge in [-0.15, -0.1) is 0 Å². The first kappa shape index (κ1) is 25.4. The van der Waals surface area contributed by atoms with Gasteiger partial charge in [-0.2, -0.15) is 0 Å². The number of aromatic hydroxyl groups is 1. The number of amides is 2. The van der Waals surface area contributed by atoms with Crippen LogP contribution in [0, 0.1) is 17.8 Å². The molecule has 1 fully saturated rings. The molecule has 0 saturated carbocycles. The summed E-state index contributed by atoms with van der Waals surface area (Å²) < 4.78 is 0.859. The Kier molecular flexibility index (Phi) is 7.59. The maximum atomic E-state index is 13.4. The Balaban J connectivity index is 1.53. The van der Waals surface area contributed by atoms with Crippen molar-refractivity contribution < 1.29 is 24.9 Å². The molecule has 0 radical (unpaired) electrons. The minimum Gasteiger partial charge on any atom is -0.507 e. The second-order valence-electron chi connectivity index (χ2n) is 9.46. The van der Waals surface area contributed by atoms with E-state index < -0.39 is 23.9 Å². The van der Waals surface area contributed by atoms with Crippen LogP contribution >= 0.6 is 15.9 Å². The lowest BCUT2D eigenvalue weighted by Crippen LogP contribution is -2.38. The molecular formula is C28H30BrNO5. The van der Waals surface area contributed by atoms with E-state index in [1.54, 1.807) is 36.4 Å². The van der Waals surface area contributed by atoms with E-state index in [0.717, 1.165) is 15.6 Å². The van der Waals surface area contributed by atoms with Crippen molar-refractivity contribution in [3.05, 3.63) is 75.3 Å². The van der Waals surface area contributed by atoms with Crippen LogP contribution in [0.4, 0.5) is 5.69 Å². The standard InChI is InChI=1S/C28H30BrNO5/c1-16(12-18-14-19(29)9-11-23(18)32)8-10-24(33)25-17(2)13-21-26(22(25)15-31)28(35)30(27(21)34)20-6-4-3-5-7-20/h3-7,9,11-12,14,21-22,24,26,31-33H,8,10,13,15H2,1-2H3/b16-12+/t21-,22+,24-,26-/m1/s1. The van der Waals surface area contributed by atoms with Crippen LogP contribution in [0.2, 0.25) is 0 Å². The molecule has 0 spiro atoms. The van der Waals surface area contributed by atoms with Gasteiger partial charge in [0.25, 0.3) is 0 Å². The van der Waals surface area contributed by atoms with E-state index >= 15 is 0 Å². The number of rotatable bonds is 7. The first-order valence-electron chi connectivity index (χ1n) is 11.8. The van der Waals surface area contributed by atoms with Crippen LogP contribution in [-0.4, -0.2) is 39.8 Å². The van der Waals surface area contributed by atoms with E-state index in [9.17, 15) is 24.9 Å². The number of imide groups is 1. The monoisotopic (exact) mass is 539 g/mol. The van der Waals surface area contributed by atoms with E-state index in [0.29, 0.717) is 36.1 Å². The minimum atomic E-state index is -0.846. The van der Waals surface area contributed by atoms with Crippen molar-refractivity contribution in [1.29, 1.82) is 0 Å². The number of allylic oxidation sites excluding steroid dienone is 2. The lowest BCUT2D eigenvalue weighted by atomic mass is 9.68. The maximum absolute atomic E-state index is 13.4. The van der Waals surface area contributed by atoms with Crippen LogP contribution in [0.1, 0.15) is 38.7 Å². The summed E-state index contributed by atoms with van der Waals surface area (Å²) in [6, 6.07) is 14.1. The summed E-state index contributed by atoms with van der Waals surface area (Å²) in [6.45, 7) is 3.50. The van der Waals surface area contributed by atoms with Gasteiger partial charge >= 0.3 is 0 Å². The molecule has 184 valence electrons. The highest BCUT2D eigenvalue weighted by atomic mass is 79.9. The first-order valence-corrected chi connectivity index (χ1v) is 12.6. The Morgan fingerprint density at radius 3 is 2.57 bits per heavy atom. The zero-order valence-electron chi connectivity index (χ0n) is 19.8. The first-order chi connectivity index (χ1) is 16.7. The fourth-order valence-electron chi connectivity index (χ4n) is 5.45. The van der Waals surface area contributed by atoms with Crippen molar-refractivity contribution in [3.8, 4) is 5.75 Å². The number of benzene rings is 2. The number of hydrogen-bond acceptors (Lipinski definition) is 5. The average molecular weight is 540 g/mol. The summed E-state index contributed by atoms with van der Waals surface area (Å²) in [5, 5.41) is 31.5. The lowest BCUT2D eigenvalue weighted by molar-refractivity contribution is -0.123. The number of carbonyl (C=O) groups excluding carboxylic acids is 2. The molecule has 0 aromatic heterocycles. The van der Waals surface area contributed by atoms with Crippen LogP contribution in [0.25, 0.3) is 6.08 Å². The number of hydrogen-bond donors (Lipinski definition) is 3. The topological polar surface area (TPSA) is 98.1 Å². The smallest absolute Gasteiger partial charge is 0.238 e. The minimum absolute atomic E-state index is 0.178. The van der Waals surface area contributed by atoms with Gasteiger partial charge < -0.3 is 15.3 Å². The fraction of sp³-hybridized carbons (Fsp3) is 0.357. The number of phenolic OH excluding ortho intramolecular Hbond substituents is 1. The van der Waals surface area contributed by atoms with E-state index in [4.69, 9.17) is 0 Å². The van der Waals surface area contributed by atoms with Gasteiger partial charge in [-0.1, -0.05) is 51.4 Å². The average Bonchev–Trinajstić information content (AvgIpc) is 3.08. The van der Waals surface area contributed by atoms with Gasteiger partial charge in [-0.25, -0.2) is 0 Å². The number of anilines is 1. The summed E-state index contributed by atoms with van der Waals surface area (Å²) in [5.74, 6) is -2.20. The maximum Gasteiger partial charge on any atom is 0.238 e. The fourth-order valence-corrected chi connectivity index (χ4v) is 5.83. The number of phenols is 1. The summed E-state index contributed by atoms with van der Waals surface area (Å²) >= 11 is 3.41. The third kappa shape index (κ3) is 4.99. The summed E-state index contributed by atoms with van der Waals surface area (Å²) in [7, 11) is 0. The highest BCUT2D eigenvalue weighted by molar-refractivity contribution is 9.10. The summed E-state index contributed by atoms with van der Waals surface area (Å²) in [4.78, 5) is 27.8. The number of aliphatic hydroxyl groups excluding tert-OH is 2. The highest BCUT2D eigenvalue weighted by Crippen LogP contribution is 2.47. The molecule has 6 nitrogen and oxygen atoms in total. The molecule has 4 rings (SSSR count). The van der Waals surface area contributed by atoms with Crippen molar-refractivity contribution in [2.24, 2.45) is 17.8 Å². The third-order valence-corrected chi connectivity index (χ3v) is 7.60. The summed E-state index contributed by atoms with van der Waals surface area (Å²) in [5.41, 5.74) is 3.73. The van der Waals surface area contributed by atoms with E-state index in [2.05, 4.69) is 15.9 Å². The molecule has 0 bridgehead atoms. The molecule has 3 N–H and O–H groups in total. The molecule has 2 aliphatic rings. The van der Waals surface area contributed by atoms with Crippen molar-refractivity contribution in [3.63, 3.8) is 0 Å². The zero-order valence-corrected chi connectivity index (χ0v) is 21.4. The number of para-hydroxylation sites is 1. The van der Waals surface area contributed by atoms with Crippen LogP contribution in [0.15, 0.2) is 69.7 Å². The Labute approximate surface area is 213 Å². The molecule has 1 aliphatic heterocycles. The Morgan fingerprint density at radius 2 is 1.89 bits per heavy atom. The third-order valence-electron chi connectivity index (χ3n) is 7.10. The van der Waals surface area contributed by atoms with Gasteiger partial charge in [0.05, 0.1) is 30.2 Å². The lowest BCUT2D eigenvalue weighted by Gasteiger charge is -2.35. The highest BCUT2D eigenvalue weighted by Gasteiger charge is 2.54. The van der Waals surface area contributed by atoms with Gasteiger partial charge in [0.15, 0.2) is 0 Å². The van der Waals surface area contributed by atoms with Crippen LogP contribution < -0.4 is 4.90 Å². The Hall–Kier alpha value is -2.74. The summed E-state index contributed by atoms with van der Waals surface area (Å²) in [6.07, 6.45) is 2.40. The molecule has 1 aliphatic carbocycles. The molecular weight excluding hydrogens is 510 g/mol. The predicted molar refractivity (Wildman–Crippen MR) is 139 cm³/mol. The SMILES string of the molecule is CC1=C([C@H](O)CC/C(C)=C/c2cc(Br)ccc2O)[C@H](CO)[C@@H]2C(=O)N(c3ccccc3)C(=O)[C@@H]2C1. The van der Waals surface area contributed by atoms with E-state index in [-0.39, 0.29) is 24.2 Å². The molecule has 2 aromatic carbocycles. The molecule has 1 heterocycles. The molecule has 1 saturated heterocycles. The second kappa shape index (κ2) is 10.5. The molecule has 4 atom stereocenters. The largest absolute Gasteiger partial charge is 0.507 e. The van der Waals surface area contributed by atoms with E-state index in [1.807, 2.05) is 32.1 Å². The number of halogens is 1. The number of aliphatic hydroxyl groups is 2. The van der Waals surface area contributed by atoms with Crippen molar-refractivity contribution >= 4 is 39.5 Å². The second-order valence-corrected chi connectivity index (χ2v) is 10.4.